The molecule has 1 aliphatic rings. The molecule has 1 atom stereocenters. The van der Waals surface area contributed by atoms with Crippen LogP contribution in [0.1, 0.15) is 12.0 Å². The molecular formula is C11H14O2S2. The Balaban J connectivity index is 2.02. The second kappa shape index (κ2) is 4.18. The molecule has 0 radical (unpaired) electrons. The van der Waals surface area contributed by atoms with Crippen molar-refractivity contribution in [2.75, 3.05) is 11.5 Å². The van der Waals surface area contributed by atoms with Gasteiger partial charge in [0.25, 0.3) is 0 Å². The van der Waals surface area contributed by atoms with Gasteiger partial charge < -0.3 is 0 Å². The minimum absolute atomic E-state index is 0.248. The van der Waals surface area contributed by atoms with Crippen LogP contribution in [0.3, 0.4) is 0 Å². The molecule has 0 amide bonds. The predicted molar refractivity (Wildman–Crippen MR) is 64.1 cm³/mol. The molecule has 82 valence electrons. The van der Waals surface area contributed by atoms with Crippen LogP contribution in [-0.4, -0.2) is 25.2 Å². The summed E-state index contributed by atoms with van der Waals surface area (Å²) in [5, 5.41) is 0.248. The number of thioether (sulfide) groups is 1. The highest BCUT2D eigenvalue weighted by Gasteiger charge is 2.28. The molecule has 2 nitrogen and oxygen atoms in total. The fraction of sp³-hybridized carbons (Fsp3) is 0.455. The third-order valence-corrected chi connectivity index (χ3v) is 5.77. The number of rotatable bonds is 2. The van der Waals surface area contributed by atoms with E-state index in [9.17, 15) is 8.42 Å². The fourth-order valence-electron chi connectivity index (χ4n) is 1.66. The van der Waals surface area contributed by atoms with Gasteiger partial charge in [-0.25, -0.2) is 8.42 Å². The Morgan fingerprint density at radius 2 is 1.93 bits per heavy atom. The van der Waals surface area contributed by atoms with Crippen LogP contribution in [0.5, 0.6) is 0 Å². The molecule has 0 N–H and O–H groups in total. The molecule has 1 fully saturated rings. The van der Waals surface area contributed by atoms with Gasteiger partial charge in [0.15, 0.2) is 9.84 Å². The van der Waals surface area contributed by atoms with Crippen molar-refractivity contribution in [2.24, 2.45) is 0 Å². The van der Waals surface area contributed by atoms with Crippen molar-refractivity contribution in [2.45, 2.75) is 23.5 Å². The standard InChI is InChI=1S/C11H14O2S2/c1-9-2-4-10(5-3-9)14-11-6-7-15(12,13)8-11/h2-5,11H,6-8H2,1H3. The van der Waals surface area contributed by atoms with Gasteiger partial charge in [-0.1, -0.05) is 17.7 Å². The average molecular weight is 242 g/mol. The van der Waals surface area contributed by atoms with Crippen LogP contribution in [0.4, 0.5) is 0 Å². The van der Waals surface area contributed by atoms with Crippen molar-refractivity contribution in [3.8, 4) is 0 Å². The van der Waals surface area contributed by atoms with Crippen LogP contribution < -0.4 is 0 Å². The van der Waals surface area contributed by atoms with Gasteiger partial charge in [-0.3, -0.25) is 0 Å². The first-order valence-corrected chi connectivity index (χ1v) is 7.69. The van der Waals surface area contributed by atoms with Crippen LogP contribution in [0, 0.1) is 6.92 Å². The molecule has 4 heteroatoms. The van der Waals surface area contributed by atoms with Gasteiger partial charge in [0.2, 0.25) is 0 Å². The number of hydrogen-bond acceptors (Lipinski definition) is 3. The Kier molecular flexibility index (Phi) is 3.07. The molecule has 0 saturated carbocycles. The first-order valence-electron chi connectivity index (χ1n) is 4.99. The molecule has 0 bridgehead atoms. The Hall–Kier alpha value is -0.480. The zero-order chi connectivity index (χ0) is 10.9. The molecule has 15 heavy (non-hydrogen) atoms. The average Bonchev–Trinajstić information content (AvgIpc) is 2.50. The van der Waals surface area contributed by atoms with Gasteiger partial charge in [0.05, 0.1) is 11.5 Å². The molecule has 2 rings (SSSR count). The van der Waals surface area contributed by atoms with Gasteiger partial charge in [-0.05, 0) is 25.5 Å². The van der Waals surface area contributed by atoms with E-state index < -0.39 is 9.84 Å². The van der Waals surface area contributed by atoms with E-state index in [1.165, 1.54) is 10.5 Å². The summed E-state index contributed by atoms with van der Waals surface area (Å²) < 4.78 is 22.5. The van der Waals surface area contributed by atoms with Crippen LogP contribution in [0.2, 0.25) is 0 Å². The third kappa shape index (κ3) is 2.98. The van der Waals surface area contributed by atoms with Gasteiger partial charge in [-0.2, -0.15) is 0 Å². The number of hydrogen-bond donors (Lipinski definition) is 0. The summed E-state index contributed by atoms with van der Waals surface area (Å²) in [6, 6.07) is 8.24. The molecule has 0 spiro atoms. The van der Waals surface area contributed by atoms with Crippen LogP contribution in [-0.2, 0) is 9.84 Å². The Morgan fingerprint density at radius 3 is 2.47 bits per heavy atom. The Bertz CT molecular complexity index is 434. The summed E-state index contributed by atoms with van der Waals surface area (Å²) in [4.78, 5) is 1.17. The quantitative estimate of drug-likeness (QED) is 0.798. The summed E-state index contributed by atoms with van der Waals surface area (Å²) in [6.07, 6.45) is 0.793. The molecule has 0 aromatic heterocycles. The summed E-state index contributed by atoms with van der Waals surface area (Å²) in [5.74, 6) is 0.696. The number of benzene rings is 1. The zero-order valence-corrected chi connectivity index (χ0v) is 10.3. The highest BCUT2D eigenvalue weighted by atomic mass is 32.2. The van der Waals surface area contributed by atoms with E-state index in [2.05, 4.69) is 31.2 Å². The highest BCUT2D eigenvalue weighted by Crippen LogP contribution is 2.30. The van der Waals surface area contributed by atoms with E-state index >= 15 is 0 Å². The Labute approximate surface area is 95.0 Å². The number of aryl methyl sites for hydroxylation is 1. The maximum atomic E-state index is 11.3. The molecular weight excluding hydrogens is 228 g/mol. The maximum Gasteiger partial charge on any atom is 0.151 e. The SMILES string of the molecule is Cc1ccc(SC2CCS(=O)(=O)C2)cc1. The molecule has 1 aromatic rings. The van der Waals surface area contributed by atoms with E-state index in [-0.39, 0.29) is 5.25 Å². The van der Waals surface area contributed by atoms with Crippen molar-refractivity contribution < 1.29 is 8.42 Å². The van der Waals surface area contributed by atoms with E-state index in [1.807, 2.05) is 0 Å². The Morgan fingerprint density at radius 1 is 1.27 bits per heavy atom. The van der Waals surface area contributed by atoms with Gasteiger partial charge in [0, 0.05) is 10.1 Å². The second-order valence-corrected chi connectivity index (χ2v) is 7.56. The molecule has 1 heterocycles. The van der Waals surface area contributed by atoms with Crippen LogP contribution >= 0.6 is 11.8 Å². The molecule has 1 aliphatic heterocycles. The largest absolute Gasteiger partial charge is 0.229 e. The topological polar surface area (TPSA) is 34.1 Å². The summed E-state index contributed by atoms with van der Waals surface area (Å²) in [6.45, 7) is 2.05. The first-order chi connectivity index (χ1) is 7.05. The van der Waals surface area contributed by atoms with Crippen LogP contribution in [0.25, 0.3) is 0 Å². The lowest BCUT2D eigenvalue weighted by Crippen LogP contribution is -2.05. The summed E-state index contributed by atoms with van der Waals surface area (Å²) >= 11 is 1.68. The summed E-state index contributed by atoms with van der Waals surface area (Å²) in [5.41, 5.74) is 1.23. The lowest BCUT2D eigenvalue weighted by Gasteiger charge is -2.07. The van der Waals surface area contributed by atoms with Crippen molar-refractivity contribution in [1.82, 2.24) is 0 Å². The predicted octanol–water partition coefficient (Wildman–Crippen LogP) is 2.27. The fourth-order valence-corrected chi connectivity index (χ4v) is 5.16. The van der Waals surface area contributed by atoms with Gasteiger partial charge in [0.1, 0.15) is 0 Å². The van der Waals surface area contributed by atoms with Crippen LogP contribution in [0.15, 0.2) is 29.2 Å². The van der Waals surface area contributed by atoms with Crippen molar-refractivity contribution in [3.63, 3.8) is 0 Å². The highest BCUT2D eigenvalue weighted by molar-refractivity contribution is 8.01. The van der Waals surface area contributed by atoms with Gasteiger partial charge >= 0.3 is 0 Å². The summed E-state index contributed by atoms with van der Waals surface area (Å²) in [7, 11) is -2.74. The molecule has 0 aliphatic carbocycles. The molecule has 1 unspecified atom stereocenters. The lowest BCUT2D eigenvalue weighted by molar-refractivity contribution is 0.602. The number of sulfone groups is 1. The van der Waals surface area contributed by atoms with Crippen molar-refractivity contribution in [1.29, 1.82) is 0 Å². The smallest absolute Gasteiger partial charge is 0.151 e. The van der Waals surface area contributed by atoms with E-state index in [1.54, 1.807) is 11.8 Å². The minimum Gasteiger partial charge on any atom is -0.229 e. The van der Waals surface area contributed by atoms with E-state index in [0.717, 1.165) is 6.42 Å². The maximum absolute atomic E-state index is 11.3. The zero-order valence-electron chi connectivity index (χ0n) is 8.64. The minimum atomic E-state index is -2.74. The normalized spacial score (nSPS) is 24.2. The monoisotopic (exact) mass is 242 g/mol. The second-order valence-electron chi connectivity index (χ2n) is 3.96. The van der Waals surface area contributed by atoms with Crippen molar-refractivity contribution >= 4 is 21.6 Å². The van der Waals surface area contributed by atoms with Crippen molar-refractivity contribution in [3.05, 3.63) is 29.8 Å². The van der Waals surface area contributed by atoms with Gasteiger partial charge in [-0.15, -0.1) is 11.8 Å². The van der Waals surface area contributed by atoms with E-state index in [4.69, 9.17) is 0 Å². The third-order valence-electron chi connectivity index (χ3n) is 2.51. The molecule has 1 aromatic carbocycles. The lowest BCUT2D eigenvalue weighted by atomic mass is 10.2. The first kappa shape index (κ1) is 11.0. The van der Waals surface area contributed by atoms with E-state index in [0.29, 0.717) is 11.5 Å². The molecule has 1 saturated heterocycles.